The van der Waals surface area contributed by atoms with Crippen LogP contribution >= 0.6 is 11.6 Å². The quantitative estimate of drug-likeness (QED) is 0.819. The van der Waals surface area contributed by atoms with Crippen molar-refractivity contribution < 1.29 is 0 Å². The minimum atomic E-state index is 0.765. The molecule has 0 unspecified atom stereocenters. The number of likely N-dealkylation sites (N-methyl/N-ethyl adjacent to an activating group) is 1. The summed E-state index contributed by atoms with van der Waals surface area (Å²) in [6.07, 6.45) is 1.22. The largest absolute Gasteiger partial charge is 0.398 e. The number of hydrogen-bond donors (Lipinski definition) is 1. The van der Waals surface area contributed by atoms with E-state index >= 15 is 0 Å². The van der Waals surface area contributed by atoms with Gasteiger partial charge in [0.25, 0.3) is 0 Å². The molecule has 0 atom stereocenters. The second-order valence-electron chi connectivity index (χ2n) is 4.78. The highest BCUT2D eigenvalue weighted by Gasteiger charge is 2.13. The van der Waals surface area contributed by atoms with E-state index in [0.29, 0.717) is 0 Å². The second kappa shape index (κ2) is 5.71. The average Bonchev–Trinajstić information content (AvgIpc) is 2.49. The molecule has 1 aliphatic rings. The first-order valence-corrected chi connectivity index (χ1v) is 6.48. The van der Waals surface area contributed by atoms with Crippen molar-refractivity contribution in [3.8, 4) is 0 Å². The summed E-state index contributed by atoms with van der Waals surface area (Å²) in [6, 6.07) is 5.71. The van der Waals surface area contributed by atoms with Crippen LogP contribution in [0.3, 0.4) is 0 Å². The van der Waals surface area contributed by atoms with E-state index in [1.54, 1.807) is 0 Å². The maximum Gasteiger partial charge on any atom is 0.0410 e. The van der Waals surface area contributed by atoms with Gasteiger partial charge < -0.3 is 10.6 Å². The highest BCUT2D eigenvalue weighted by atomic mass is 35.5. The molecular weight excluding hydrogens is 234 g/mol. The van der Waals surface area contributed by atoms with Gasteiger partial charge in [-0.1, -0.05) is 11.6 Å². The van der Waals surface area contributed by atoms with Gasteiger partial charge >= 0.3 is 0 Å². The standard InChI is InChI=1S/C13H20ClN3/c1-16-5-2-6-17(8-7-16)10-11-9-12(14)3-4-13(11)15/h3-4,9H,2,5-8,10,15H2,1H3. The SMILES string of the molecule is CN1CCCN(Cc2cc(Cl)ccc2N)CC1. The van der Waals surface area contributed by atoms with Crippen LogP contribution in [0.25, 0.3) is 0 Å². The average molecular weight is 254 g/mol. The number of halogens is 1. The predicted octanol–water partition coefficient (Wildman–Crippen LogP) is 2.06. The first-order valence-electron chi connectivity index (χ1n) is 6.10. The van der Waals surface area contributed by atoms with Crippen LogP contribution in [0.15, 0.2) is 18.2 Å². The molecule has 1 saturated heterocycles. The molecule has 1 aliphatic heterocycles. The van der Waals surface area contributed by atoms with Crippen molar-refractivity contribution in [2.45, 2.75) is 13.0 Å². The Kier molecular flexibility index (Phi) is 4.26. The van der Waals surface area contributed by atoms with Crippen LogP contribution in [-0.4, -0.2) is 43.0 Å². The van der Waals surface area contributed by atoms with Gasteiger partial charge in [0.15, 0.2) is 0 Å². The highest BCUT2D eigenvalue weighted by molar-refractivity contribution is 6.30. The molecule has 0 saturated carbocycles. The molecule has 1 aromatic rings. The molecule has 0 spiro atoms. The Morgan fingerprint density at radius 1 is 1.24 bits per heavy atom. The Labute approximate surface area is 108 Å². The number of anilines is 1. The van der Waals surface area contributed by atoms with E-state index in [2.05, 4.69) is 16.8 Å². The minimum absolute atomic E-state index is 0.765. The fourth-order valence-corrected chi connectivity index (χ4v) is 2.40. The van der Waals surface area contributed by atoms with E-state index in [-0.39, 0.29) is 0 Å². The fraction of sp³-hybridized carbons (Fsp3) is 0.538. The van der Waals surface area contributed by atoms with Crippen LogP contribution in [0.4, 0.5) is 5.69 Å². The Balaban J connectivity index is 2.02. The third-order valence-corrected chi connectivity index (χ3v) is 3.55. The lowest BCUT2D eigenvalue weighted by Gasteiger charge is -2.21. The fourth-order valence-electron chi connectivity index (χ4n) is 2.21. The minimum Gasteiger partial charge on any atom is -0.398 e. The van der Waals surface area contributed by atoms with E-state index in [1.165, 1.54) is 13.0 Å². The van der Waals surface area contributed by atoms with Crippen molar-refractivity contribution in [1.82, 2.24) is 9.80 Å². The molecule has 0 radical (unpaired) electrons. The van der Waals surface area contributed by atoms with Crippen LogP contribution in [0.1, 0.15) is 12.0 Å². The third-order valence-electron chi connectivity index (χ3n) is 3.31. The molecule has 0 bridgehead atoms. The summed E-state index contributed by atoms with van der Waals surface area (Å²) < 4.78 is 0. The molecule has 2 rings (SSSR count). The van der Waals surface area contributed by atoms with Crippen LogP contribution in [0.2, 0.25) is 5.02 Å². The second-order valence-corrected chi connectivity index (χ2v) is 5.21. The van der Waals surface area contributed by atoms with E-state index in [4.69, 9.17) is 17.3 Å². The Bertz CT molecular complexity index is 381. The topological polar surface area (TPSA) is 32.5 Å². The zero-order valence-electron chi connectivity index (χ0n) is 10.3. The molecule has 1 heterocycles. The summed E-state index contributed by atoms with van der Waals surface area (Å²) in [5.41, 5.74) is 7.96. The van der Waals surface area contributed by atoms with Crippen molar-refractivity contribution in [2.75, 3.05) is 39.0 Å². The van der Waals surface area contributed by atoms with Crippen molar-refractivity contribution in [2.24, 2.45) is 0 Å². The van der Waals surface area contributed by atoms with Gasteiger partial charge in [-0.15, -0.1) is 0 Å². The van der Waals surface area contributed by atoms with Gasteiger partial charge in [0.1, 0.15) is 0 Å². The molecule has 3 nitrogen and oxygen atoms in total. The predicted molar refractivity (Wildman–Crippen MR) is 73.3 cm³/mol. The van der Waals surface area contributed by atoms with Crippen LogP contribution < -0.4 is 5.73 Å². The van der Waals surface area contributed by atoms with Gasteiger partial charge in [-0.3, -0.25) is 4.90 Å². The molecule has 2 N–H and O–H groups in total. The number of nitrogens with zero attached hydrogens (tertiary/aromatic N) is 2. The number of rotatable bonds is 2. The summed E-state index contributed by atoms with van der Waals surface area (Å²) in [7, 11) is 2.18. The summed E-state index contributed by atoms with van der Waals surface area (Å²) in [5, 5.41) is 0.765. The maximum absolute atomic E-state index is 6.01. The first kappa shape index (κ1) is 12.7. The number of benzene rings is 1. The van der Waals surface area contributed by atoms with Crippen molar-refractivity contribution in [3.05, 3.63) is 28.8 Å². The van der Waals surface area contributed by atoms with E-state index in [1.807, 2.05) is 18.2 Å². The summed E-state index contributed by atoms with van der Waals surface area (Å²) >= 11 is 6.01. The van der Waals surface area contributed by atoms with Gasteiger partial charge in [0, 0.05) is 30.3 Å². The maximum atomic E-state index is 6.01. The highest BCUT2D eigenvalue weighted by Crippen LogP contribution is 2.20. The molecule has 0 aliphatic carbocycles. The Morgan fingerprint density at radius 3 is 2.88 bits per heavy atom. The Morgan fingerprint density at radius 2 is 2.06 bits per heavy atom. The van der Waals surface area contributed by atoms with Crippen LogP contribution in [0.5, 0.6) is 0 Å². The number of hydrogen-bond acceptors (Lipinski definition) is 3. The Hall–Kier alpha value is -0.770. The van der Waals surface area contributed by atoms with Gasteiger partial charge in [0.2, 0.25) is 0 Å². The summed E-state index contributed by atoms with van der Waals surface area (Å²) in [4.78, 5) is 4.83. The molecule has 1 fully saturated rings. The lowest BCUT2D eigenvalue weighted by Crippen LogP contribution is -2.28. The zero-order valence-corrected chi connectivity index (χ0v) is 11.1. The number of nitrogen functional groups attached to an aromatic ring is 1. The van der Waals surface area contributed by atoms with Gasteiger partial charge in [-0.2, -0.15) is 0 Å². The van der Waals surface area contributed by atoms with Crippen LogP contribution in [0, 0.1) is 0 Å². The molecular formula is C13H20ClN3. The van der Waals surface area contributed by atoms with E-state index < -0.39 is 0 Å². The summed E-state index contributed by atoms with van der Waals surface area (Å²) in [5.74, 6) is 0. The van der Waals surface area contributed by atoms with Crippen LogP contribution in [-0.2, 0) is 6.54 Å². The molecule has 0 amide bonds. The van der Waals surface area contributed by atoms with E-state index in [9.17, 15) is 0 Å². The van der Waals surface area contributed by atoms with Gasteiger partial charge in [0.05, 0.1) is 0 Å². The molecule has 1 aromatic carbocycles. The van der Waals surface area contributed by atoms with Gasteiger partial charge in [-0.05, 0) is 50.3 Å². The normalized spacial score (nSPS) is 19.2. The molecule has 94 valence electrons. The van der Waals surface area contributed by atoms with E-state index in [0.717, 1.165) is 42.5 Å². The zero-order chi connectivity index (χ0) is 12.3. The lowest BCUT2D eigenvalue weighted by atomic mass is 10.1. The monoisotopic (exact) mass is 253 g/mol. The van der Waals surface area contributed by atoms with Gasteiger partial charge in [-0.25, -0.2) is 0 Å². The number of nitrogens with two attached hydrogens (primary N) is 1. The molecule has 0 aromatic heterocycles. The van der Waals surface area contributed by atoms with Crippen molar-refractivity contribution >= 4 is 17.3 Å². The third kappa shape index (κ3) is 3.60. The van der Waals surface area contributed by atoms with Crippen molar-refractivity contribution in [3.63, 3.8) is 0 Å². The van der Waals surface area contributed by atoms with Crippen molar-refractivity contribution in [1.29, 1.82) is 0 Å². The summed E-state index contributed by atoms with van der Waals surface area (Å²) in [6.45, 7) is 5.45. The lowest BCUT2D eigenvalue weighted by molar-refractivity contribution is 0.269. The molecule has 17 heavy (non-hydrogen) atoms. The molecule has 4 heteroatoms. The first-order chi connectivity index (χ1) is 8.15. The smallest absolute Gasteiger partial charge is 0.0410 e.